The number of nitrogens with one attached hydrogen (secondary N) is 1. The fourth-order valence-electron chi connectivity index (χ4n) is 3.20. The highest BCUT2D eigenvalue weighted by Gasteiger charge is 2.30. The van der Waals surface area contributed by atoms with Gasteiger partial charge in [-0.2, -0.15) is 0 Å². The molecular formula is C19H27N3O3. The molecule has 2 aliphatic rings. The molecule has 1 aromatic carbocycles. The number of methoxy groups -OCH3 is 1. The number of ether oxygens (including phenoxy) is 1. The summed E-state index contributed by atoms with van der Waals surface area (Å²) in [5.74, 6) is 0.968. The minimum absolute atomic E-state index is 0.108. The van der Waals surface area contributed by atoms with Crippen LogP contribution in [0.4, 0.5) is 0 Å². The monoisotopic (exact) mass is 345 g/mol. The van der Waals surface area contributed by atoms with Gasteiger partial charge in [-0.1, -0.05) is 18.2 Å². The Morgan fingerprint density at radius 3 is 2.52 bits per heavy atom. The van der Waals surface area contributed by atoms with Gasteiger partial charge in [0.25, 0.3) is 0 Å². The van der Waals surface area contributed by atoms with E-state index >= 15 is 0 Å². The van der Waals surface area contributed by atoms with E-state index in [4.69, 9.17) is 4.74 Å². The van der Waals surface area contributed by atoms with E-state index in [2.05, 4.69) is 10.2 Å². The first-order chi connectivity index (χ1) is 12.1. The largest absolute Gasteiger partial charge is 0.496 e. The Hall–Kier alpha value is -2.08. The lowest BCUT2D eigenvalue weighted by Crippen LogP contribution is -2.55. The summed E-state index contributed by atoms with van der Waals surface area (Å²) in [6.45, 7) is 4.74. The number of hydrogen-bond acceptors (Lipinski definition) is 4. The van der Waals surface area contributed by atoms with E-state index in [1.807, 2.05) is 36.1 Å². The summed E-state index contributed by atoms with van der Waals surface area (Å²) in [4.78, 5) is 28.8. The Kier molecular flexibility index (Phi) is 5.58. The van der Waals surface area contributed by atoms with Gasteiger partial charge in [-0.3, -0.25) is 14.5 Å². The minimum Gasteiger partial charge on any atom is -0.496 e. The predicted octanol–water partition coefficient (Wildman–Crippen LogP) is 1.05. The Morgan fingerprint density at radius 1 is 1.20 bits per heavy atom. The summed E-state index contributed by atoms with van der Waals surface area (Å²) in [6.07, 6.45) is 2.55. The van der Waals surface area contributed by atoms with E-state index in [0.29, 0.717) is 25.6 Å². The van der Waals surface area contributed by atoms with Crippen molar-refractivity contribution in [3.8, 4) is 5.75 Å². The van der Waals surface area contributed by atoms with Crippen LogP contribution in [0.3, 0.4) is 0 Å². The zero-order valence-corrected chi connectivity index (χ0v) is 15.0. The fraction of sp³-hybridized carbons (Fsp3) is 0.579. The van der Waals surface area contributed by atoms with Gasteiger partial charge in [0.15, 0.2) is 0 Å². The van der Waals surface area contributed by atoms with Gasteiger partial charge in [0.2, 0.25) is 11.8 Å². The smallest absolute Gasteiger partial charge is 0.237 e. The van der Waals surface area contributed by atoms with E-state index in [-0.39, 0.29) is 17.9 Å². The third kappa shape index (κ3) is 4.51. The van der Waals surface area contributed by atoms with Crippen LogP contribution in [-0.4, -0.2) is 67.0 Å². The number of hydrogen-bond donors (Lipinski definition) is 1. The third-order valence-corrected chi connectivity index (χ3v) is 5.05. The predicted molar refractivity (Wildman–Crippen MR) is 95.5 cm³/mol. The van der Waals surface area contributed by atoms with Gasteiger partial charge < -0.3 is 15.0 Å². The van der Waals surface area contributed by atoms with Crippen molar-refractivity contribution >= 4 is 11.8 Å². The first-order valence-corrected chi connectivity index (χ1v) is 9.02. The lowest BCUT2D eigenvalue weighted by molar-refractivity contribution is -0.133. The van der Waals surface area contributed by atoms with Crippen LogP contribution in [0.5, 0.6) is 5.75 Å². The van der Waals surface area contributed by atoms with Crippen molar-refractivity contribution < 1.29 is 14.3 Å². The topological polar surface area (TPSA) is 61.9 Å². The molecule has 1 saturated carbocycles. The lowest BCUT2D eigenvalue weighted by Gasteiger charge is -2.37. The van der Waals surface area contributed by atoms with Gasteiger partial charge in [-0.05, 0) is 25.8 Å². The number of amides is 2. The van der Waals surface area contributed by atoms with E-state index < -0.39 is 0 Å². The molecule has 1 saturated heterocycles. The van der Waals surface area contributed by atoms with Crippen LogP contribution >= 0.6 is 0 Å². The molecule has 2 amide bonds. The number of carbonyl (C=O) groups is 2. The second kappa shape index (κ2) is 7.87. The highest BCUT2D eigenvalue weighted by atomic mass is 16.5. The third-order valence-electron chi connectivity index (χ3n) is 5.05. The maximum absolute atomic E-state index is 12.6. The SMILES string of the molecule is COc1ccccc1CC(=O)N1CCN(C(C)C(=O)NC2CC2)CC1. The molecule has 0 spiro atoms. The first kappa shape index (κ1) is 17.7. The molecule has 3 rings (SSSR count). The van der Waals surface area contributed by atoms with Gasteiger partial charge >= 0.3 is 0 Å². The molecule has 136 valence electrons. The molecule has 1 atom stereocenters. The van der Waals surface area contributed by atoms with Crippen LogP contribution in [0.25, 0.3) is 0 Å². The zero-order chi connectivity index (χ0) is 17.8. The number of nitrogens with zero attached hydrogens (tertiary/aromatic N) is 2. The normalized spacial score (nSPS) is 19.4. The van der Waals surface area contributed by atoms with Crippen molar-refractivity contribution in [2.24, 2.45) is 0 Å². The molecule has 6 nitrogen and oxygen atoms in total. The molecule has 1 unspecified atom stereocenters. The van der Waals surface area contributed by atoms with E-state index in [9.17, 15) is 9.59 Å². The van der Waals surface area contributed by atoms with Crippen molar-refractivity contribution in [2.75, 3.05) is 33.3 Å². The Labute approximate surface area is 149 Å². The maximum Gasteiger partial charge on any atom is 0.237 e. The summed E-state index contributed by atoms with van der Waals surface area (Å²) < 4.78 is 5.32. The molecule has 1 aromatic rings. The second-order valence-corrected chi connectivity index (χ2v) is 6.86. The second-order valence-electron chi connectivity index (χ2n) is 6.86. The van der Waals surface area contributed by atoms with Crippen molar-refractivity contribution in [3.63, 3.8) is 0 Å². The van der Waals surface area contributed by atoms with Crippen LogP contribution in [0, 0.1) is 0 Å². The molecule has 1 aliphatic heterocycles. The van der Waals surface area contributed by atoms with Crippen LogP contribution < -0.4 is 10.1 Å². The number of carbonyl (C=O) groups excluding carboxylic acids is 2. The molecule has 0 aromatic heterocycles. The summed E-state index contributed by atoms with van der Waals surface area (Å²) in [7, 11) is 1.62. The average molecular weight is 345 g/mol. The van der Waals surface area contributed by atoms with E-state index in [0.717, 1.165) is 37.2 Å². The Balaban J connectivity index is 1.49. The summed E-state index contributed by atoms with van der Waals surface area (Å²) in [5.41, 5.74) is 0.912. The molecule has 0 bridgehead atoms. The molecular weight excluding hydrogens is 318 g/mol. The first-order valence-electron chi connectivity index (χ1n) is 9.02. The van der Waals surface area contributed by atoms with E-state index in [1.54, 1.807) is 7.11 Å². The van der Waals surface area contributed by atoms with Crippen LogP contribution in [0.15, 0.2) is 24.3 Å². The average Bonchev–Trinajstić information content (AvgIpc) is 3.45. The summed E-state index contributed by atoms with van der Waals surface area (Å²) in [6, 6.07) is 7.88. The van der Waals surface area contributed by atoms with Crippen molar-refractivity contribution in [2.45, 2.75) is 38.3 Å². The summed E-state index contributed by atoms with van der Waals surface area (Å²) >= 11 is 0. The molecule has 1 heterocycles. The fourth-order valence-corrected chi connectivity index (χ4v) is 3.20. The van der Waals surface area contributed by atoms with Gasteiger partial charge in [0.05, 0.1) is 19.6 Å². The van der Waals surface area contributed by atoms with Crippen molar-refractivity contribution in [1.29, 1.82) is 0 Å². The van der Waals surface area contributed by atoms with Crippen molar-refractivity contribution in [1.82, 2.24) is 15.1 Å². The highest BCUT2D eigenvalue weighted by Crippen LogP contribution is 2.20. The van der Waals surface area contributed by atoms with Gasteiger partial charge in [0.1, 0.15) is 5.75 Å². The van der Waals surface area contributed by atoms with Gasteiger partial charge in [-0.25, -0.2) is 0 Å². The van der Waals surface area contributed by atoms with Crippen molar-refractivity contribution in [3.05, 3.63) is 29.8 Å². The molecule has 1 N–H and O–H groups in total. The standard InChI is InChI=1S/C19H27N3O3/c1-14(19(24)20-16-7-8-16)21-9-11-22(12-10-21)18(23)13-15-5-3-4-6-17(15)25-2/h3-6,14,16H,7-13H2,1-2H3,(H,20,24). The van der Waals surface area contributed by atoms with Gasteiger partial charge in [0, 0.05) is 37.8 Å². The lowest BCUT2D eigenvalue weighted by atomic mass is 10.1. The zero-order valence-electron chi connectivity index (χ0n) is 15.0. The van der Waals surface area contributed by atoms with Crippen LogP contribution in [-0.2, 0) is 16.0 Å². The quantitative estimate of drug-likeness (QED) is 0.837. The number of piperazine rings is 1. The molecule has 0 radical (unpaired) electrons. The highest BCUT2D eigenvalue weighted by molar-refractivity contribution is 5.82. The van der Waals surface area contributed by atoms with Crippen LogP contribution in [0.2, 0.25) is 0 Å². The summed E-state index contributed by atoms with van der Waals surface area (Å²) in [5, 5.41) is 3.06. The van der Waals surface area contributed by atoms with Gasteiger partial charge in [-0.15, -0.1) is 0 Å². The maximum atomic E-state index is 12.6. The molecule has 2 fully saturated rings. The Morgan fingerprint density at radius 2 is 1.88 bits per heavy atom. The number of para-hydroxylation sites is 1. The van der Waals surface area contributed by atoms with E-state index in [1.165, 1.54) is 0 Å². The molecule has 25 heavy (non-hydrogen) atoms. The number of rotatable bonds is 6. The van der Waals surface area contributed by atoms with Crippen LogP contribution in [0.1, 0.15) is 25.3 Å². The molecule has 6 heteroatoms. The number of benzene rings is 1. The molecule has 1 aliphatic carbocycles. The Bertz CT molecular complexity index is 622. The minimum atomic E-state index is -0.132.